The Kier molecular flexibility index (Phi) is 4.77. The zero-order chi connectivity index (χ0) is 17.9. The van der Waals surface area contributed by atoms with Gasteiger partial charge in [0.25, 0.3) is 5.91 Å². The van der Waals surface area contributed by atoms with Crippen LogP contribution in [-0.4, -0.2) is 35.3 Å². The molecular formula is C18H14N2O4S2. The highest BCUT2D eigenvalue weighted by molar-refractivity contribution is 8.01. The van der Waals surface area contributed by atoms with Gasteiger partial charge in [-0.2, -0.15) is 0 Å². The van der Waals surface area contributed by atoms with Gasteiger partial charge in [0.2, 0.25) is 12.0 Å². The Labute approximate surface area is 157 Å². The second-order valence-corrected chi connectivity index (χ2v) is 7.77. The highest BCUT2D eigenvalue weighted by Gasteiger charge is 2.28. The predicted molar refractivity (Wildman–Crippen MR) is 99.8 cm³/mol. The molecule has 1 aromatic heterocycles. The first kappa shape index (κ1) is 16.9. The second-order valence-electron chi connectivity index (χ2n) is 5.51. The number of benzene rings is 2. The molecule has 4 rings (SSSR count). The fourth-order valence-electron chi connectivity index (χ4n) is 2.44. The van der Waals surface area contributed by atoms with Crippen molar-refractivity contribution in [3.63, 3.8) is 0 Å². The molecule has 1 N–H and O–H groups in total. The topological polar surface area (TPSA) is 77.5 Å². The van der Waals surface area contributed by atoms with E-state index in [1.807, 2.05) is 30.3 Å². The van der Waals surface area contributed by atoms with Gasteiger partial charge in [-0.1, -0.05) is 36.0 Å². The van der Waals surface area contributed by atoms with E-state index in [-0.39, 0.29) is 18.3 Å². The average Bonchev–Trinajstić information content (AvgIpc) is 3.09. The molecule has 1 aliphatic heterocycles. The summed E-state index contributed by atoms with van der Waals surface area (Å²) in [4.78, 5) is 28.7. The van der Waals surface area contributed by atoms with E-state index in [4.69, 9.17) is 9.47 Å². The first-order valence-corrected chi connectivity index (χ1v) is 9.70. The molecule has 1 aliphatic rings. The predicted octanol–water partition coefficient (Wildman–Crippen LogP) is 2.87. The van der Waals surface area contributed by atoms with Crippen molar-refractivity contribution in [2.75, 3.05) is 12.4 Å². The number of aromatic nitrogens is 1. The maximum Gasteiger partial charge on any atom is 0.271 e. The van der Waals surface area contributed by atoms with Gasteiger partial charge in [-0.15, -0.1) is 11.3 Å². The van der Waals surface area contributed by atoms with E-state index in [2.05, 4.69) is 10.3 Å². The van der Waals surface area contributed by atoms with Crippen LogP contribution in [0, 0.1) is 0 Å². The first-order chi connectivity index (χ1) is 12.7. The fourth-order valence-corrected chi connectivity index (χ4v) is 4.31. The molecule has 3 aromatic rings. The molecule has 0 spiro atoms. The summed E-state index contributed by atoms with van der Waals surface area (Å²) in [6, 6.07) is 14.9. The lowest BCUT2D eigenvalue weighted by atomic mass is 10.2. The highest BCUT2D eigenvalue weighted by atomic mass is 32.2. The molecule has 0 aliphatic carbocycles. The molecule has 0 saturated heterocycles. The number of ether oxygens (including phenoxy) is 2. The number of imide groups is 1. The summed E-state index contributed by atoms with van der Waals surface area (Å²) in [5.41, 5.74) is 0.905. The van der Waals surface area contributed by atoms with E-state index < -0.39 is 12.0 Å². The number of hydrogen-bond donors (Lipinski definition) is 1. The number of carbonyl (C=O) groups is 2. The number of carbonyl (C=O) groups excluding carboxylic acids is 2. The van der Waals surface area contributed by atoms with Crippen LogP contribution >= 0.6 is 23.1 Å². The Morgan fingerprint density at radius 3 is 2.77 bits per heavy atom. The summed E-state index contributed by atoms with van der Waals surface area (Å²) in [5, 5.41) is 2.36. The first-order valence-electron chi connectivity index (χ1n) is 7.89. The summed E-state index contributed by atoms with van der Waals surface area (Å²) in [7, 11) is 0. The summed E-state index contributed by atoms with van der Waals surface area (Å²) in [6.45, 7) is 0.0706. The number of hydrogen-bond acceptors (Lipinski definition) is 7. The van der Waals surface area contributed by atoms with E-state index in [0.29, 0.717) is 11.5 Å². The fraction of sp³-hybridized carbons (Fsp3) is 0.167. The molecule has 0 fully saturated rings. The van der Waals surface area contributed by atoms with Crippen molar-refractivity contribution in [3.05, 3.63) is 48.5 Å². The van der Waals surface area contributed by atoms with Gasteiger partial charge >= 0.3 is 0 Å². The van der Waals surface area contributed by atoms with Crippen molar-refractivity contribution in [2.24, 2.45) is 0 Å². The lowest BCUT2D eigenvalue weighted by molar-refractivity contribution is -0.135. The molecule has 6 nitrogen and oxygen atoms in total. The highest BCUT2D eigenvalue weighted by Crippen LogP contribution is 2.31. The van der Waals surface area contributed by atoms with Crippen LogP contribution in [0.25, 0.3) is 10.2 Å². The van der Waals surface area contributed by atoms with Crippen LogP contribution in [0.4, 0.5) is 0 Å². The quantitative estimate of drug-likeness (QED) is 0.695. The third-order valence-electron chi connectivity index (χ3n) is 3.66. The van der Waals surface area contributed by atoms with Crippen molar-refractivity contribution in [1.29, 1.82) is 0 Å². The Morgan fingerprint density at radius 2 is 1.92 bits per heavy atom. The summed E-state index contributed by atoms with van der Waals surface area (Å²) in [6.07, 6.45) is -0.846. The van der Waals surface area contributed by atoms with Crippen LogP contribution in [-0.2, 0) is 9.59 Å². The number of thiazole rings is 1. The van der Waals surface area contributed by atoms with Crippen LogP contribution in [0.5, 0.6) is 11.5 Å². The van der Waals surface area contributed by atoms with Crippen LogP contribution in [0.3, 0.4) is 0 Å². The van der Waals surface area contributed by atoms with Crippen molar-refractivity contribution in [2.45, 2.75) is 10.4 Å². The number of amides is 2. The van der Waals surface area contributed by atoms with Gasteiger partial charge in [-0.25, -0.2) is 4.98 Å². The summed E-state index contributed by atoms with van der Waals surface area (Å²) < 4.78 is 12.9. The van der Waals surface area contributed by atoms with E-state index in [0.717, 1.165) is 14.6 Å². The van der Waals surface area contributed by atoms with E-state index in [1.165, 1.54) is 23.1 Å². The van der Waals surface area contributed by atoms with E-state index in [9.17, 15) is 9.59 Å². The number of thioether (sulfide) groups is 1. The Morgan fingerprint density at radius 1 is 1.15 bits per heavy atom. The van der Waals surface area contributed by atoms with Crippen LogP contribution in [0.1, 0.15) is 0 Å². The van der Waals surface area contributed by atoms with Crippen LogP contribution < -0.4 is 14.8 Å². The van der Waals surface area contributed by atoms with Gasteiger partial charge in [0.15, 0.2) is 15.8 Å². The smallest absolute Gasteiger partial charge is 0.271 e. The zero-order valence-electron chi connectivity index (χ0n) is 13.5. The molecule has 8 heteroatoms. The van der Waals surface area contributed by atoms with Gasteiger partial charge in [0.05, 0.1) is 16.0 Å². The molecule has 0 unspecified atom stereocenters. The minimum atomic E-state index is -0.846. The van der Waals surface area contributed by atoms with Crippen molar-refractivity contribution in [1.82, 2.24) is 10.3 Å². The maximum atomic E-state index is 12.2. The van der Waals surface area contributed by atoms with Crippen molar-refractivity contribution < 1.29 is 19.1 Å². The molecule has 0 radical (unpaired) electrons. The van der Waals surface area contributed by atoms with Gasteiger partial charge in [-0.05, 0) is 24.3 Å². The minimum absolute atomic E-state index is 0.0706. The average molecular weight is 386 g/mol. The van der Waals surface area contributed by atoms with E-state index >= 15 is 0 Å². The largest absolute Gasteiger partial charge is 0.485 e. The molecule has 0 saturated carbocycles. The van der Waals surface area contributed by atoms with E-state index in [1.54, 1.807) is 18.2 Å². The maximum absolute atomic E-state index is 12.2. The Hall–Kier alpha value is -2.58. The summed E-state index contributed by atoms with van der Waals surface area (Å²) >= 11 is 2.82. The SMILES string of the molecule is O=C(CSc1nc2ccccc2s1)NC(=O)[C@H]1COc2ccccc2O1. The molecular weight excluding hydrogens is 372 g/mol. The molecule has 132 valence electrons. The number of rotatable bonds is 4. The van der Waals surface area contributed by atoms with Crippen molar-refractivity contribution in [3.8, 4) is 11.5 Å². The minimum Gasteiger partial charge on any atom is -0.485 e. The van der Waals surface area contributed by atoms with Crippen molar-refractivity contribution >= 4 is 45.1 Å². The molecule has 2 aromatic carbocycles. The molecule has 2 amide bonds. The second kappa shape index (κ2) is 7.35. The van der Waals surface area contributed by atoms with Gasteiger partial charge in [-0.3, -0.25) is 14.9 Å². The number of fused-ring (bicyclic) bond motifs is 2. The van der Waals surface area contributed by atoms with Gasteiger partial charge < -0.3 is 9.47 Å². The number of nitrogens with one attached hydrogen (secondary N) is 1. The van der Waals surface area contributed by atoms with Crippen LogP contribution in [0.2, 0.25) is 0 Å². The molecule has 0 bridgehead atoms. The lowest BCUT2D eigenvalue weighted by Gasteiger charge is -2.25. The monoisotopic (exact) mass is 386 g/mol. The lowest BCUT2D eigenvalue weighted by Crippen LogP contribution is -2.46. The summed E-state index contributed by atoms with van der Waals surface area (Å²) in [5.74, 6) is 0.302. The molecule has 2 heterocycles. The third-order valence-corrected chi connectivity index (χ3v) is 5.84. The molecule has 1 atom stereocenters. The van der Waals surface area contributed by atoms with Crippen LogP contribution in [0.15, 0.2) is 52.9 Å². The molecule has 26 heavy (non-hydrogen) atoms. The normalized spacial score (nSPS) is 15.6. The van der Waals surface area contributed by atoms with Gasteiger partial charge in [0, 0.05) is 0 Å². The van der Waals surface area contributed by atoms with Gasteiger partial charge in [0.1, 0.15) is 6.61 Å². The third kappa shape index (κ3) is 3.66. The zero-order valence-corrected chi connectivity index (χ0v) is 15.1. The number of para-hydroxylation sites is 3. The Balaban J connectivity index is 1.31. The number of nitrogens with zero attached hydrogens (tertiary/aromatic N) is 1. The standard InChI is InChI=1S/C18H14N2O4S2/c21-16(10-25-18-19-11-5-1-4-8-15(11)26-18)20-17(22)14-9-23-12-6-2-3-7-13(12)24-14/h1-8,14H,9-10H2,(H,20,21,22)/t14-/m1/s1. The Bertz CT molecular complexity index is 939.